The fourth-order valence-electron chi connectivity index (χ4n) is 2.01. The molecule has 0 spiro atoms. The van der Waals surface area contributed by atoms with E-state index in [2.05, 4.69) is 56.4 Å². The Morgan fingerprint density at radius 2 is 1.90 bits per heavy atom. The zero-order valence-corrected chi connectivity index (χ0v) is 14.4. The van der Waals surface area contributed by atoms with Crippen LogP contribution in [0.15, 0.2) is 42.0 Å². The molecular formula is C18H22ClNS. The van der Waals surface area contributed by atoms with Gasteiger partial charge >= 0.3 is 0 Å². The third-order valence-corrected chi connectivity index (χ3v) is 4.63. The molecule has 21 heavy (non-hydrogen) atoms. The first-order chi connectivity index (χ1) is 10.1. The van der Waals surface area contributed by atoms with Crippen molar-refractivity contribution in [3.63, 3.8) is 0 Å². The van der Waals surface area contributed by atoms with Gasteiger partial charge in [-0.25, -0.2) is 0 Å². The van der Waals surface area contributed by atoms with Gasteiger partial charge in [0.05, 0.1) is 0 Å². The van der Waals surface area contributed by atoms with Gasteiger partial charge in [0.15, 0.2) is 0 Å². The van der Waals surface area contributed by atoms with Crippen LogP contribution >= 0.6 is 22.9 Å². The Labute approximate surface area is 136 Å². The second kappa shape index (κ2) is 7.79. The number of halogens is 1. The number of nitrogens with one attached hydrogen (secondary N) is 1. The van der Waals surface area contributed by atoms with Gasteiger partial charge in [0.1, 0.15) is 0 Å². The van der Waals surface area contributed by atoms with Gasteiger partial charge in [-0.2, -0.15) is 0 Å². The van der Waals surface area contributed by atoms with E-state index in [9.17, 15) is 0 Å². The van der Waals surface area contributed by atoms with Crippen molar-refractivity contribution in [2.45, 2.75) is 33.2 Å². The molecule has 2 aromatic rings. The minimum Gasteiger partial charge on any atom is -0.311 e. The van der Waals surface area contributed by atoms with Gasteiger partial charge in [0.2, 0.25) is 0 Å². The maximum absolute atomic E-state index is 5.94. The van der Waals surface area contributed by atoms with Crippen LogP contribution in [0.3, 0.4) is 0 Å². The molecule has 0 atom stereocenters. The number of thiophene rings is 1. The lowest BCUT2D eigenvalue weighted by Gasteiger charge is -2.09. The van der Waals surface area contributed by atoms with E-state index in [1.807, 2.05) is 23.5 Å². The largest absolute Gasteiger partial charge is 0.311 e. The van der Waals surface area contributed by atoms with E-state index in [-0.39, 0.29) is 0 Å². The third-order valence-electron chi connectivity index (χ3n) is 3.29. The zero-order chi connectivity index (χ0) is 15.2. The van der Waals surface area contributed by atoms with Crippen LogP contribution < -0.4 is 5.32 Å². The lowest BCUT2D eigenvalue weighted by molar-refractivity contribution is 0.617. The highest BCUT2D eigenvalue weighted by molar-refractivity contribution is 7.16. The van der Waals surface area contributed by atoms with Crippen LogP contribution in [0.5, 0.6) is 0 Å². The van der Waals surface area contributed by atoms with Crippen LogP contribution in [0.1, 0.15) is 32.1 Å². The first-order valence-corrected chi connectivity index (χ1v) is 8.56. The van der Waals surface area contributed by atoms with Gasteiger partial charge in [0, 0.05) is 27.4 Å². The molecule has 0 saturated carbocycles. The fourth-order valence-corrected chi connectivity index (χ4v) is 3.15. The molecule has 2 rings (SSSR count). The molecule has 0 bridgehead atoms. The minimum absolute atomic E-state index is 0.521. The van der Waals surface area contributed by atoms with Gasteiger partial charge < -0.3 is 5.32 Å². The summed E-state index contributed by atoms with van der Waals surface area (Å²) in [5.41, 5.74) is 2.66. The standard InChI is InChI=1S/C18H22ClNS/c1-4-14(12-20-13(2)3)11-17-9-10-18(21-17)15-5-7-16(19)8-6-15/h5-11,13,20H,4,12H2,1-3H3. The zero-order valence-electron chi connectivity index (χ0n) is 12.8. The van der Waals surface area contributed by atoms with Crippen LogP contribution in [-0.2, 0) is 0 Å². The summed E-state index contributed by atoms with van der Waals surface area (Å²) in [6, 6.07) is 12.9. The van der Waals surface area contributed by atoms with Crippen molar-refractivity contribution in [2.24, 2.45) is 0 Å². The molecule has 1 nitrogen and oxygen atoms in total. The highest BCUT2D eigenvalue weighted by Gasteiger charge is 2.03. The smallest absolute Gasteiger partial charge is 0.0406 e. The van der Waals surface area contributed by atoms with E-state index in [1.165, 1.54) is 20.9 Å². The second-order valence-corrected chi connectivity index (χ2v) is 6.95. The Balaban J connectivity index is 2.13. The molecule has 0 unspecified atom stereocenters. The van der Waals surface area contributed by atoms with Crippen LogP contribution in [0.4, 0.5) is 0 Å². The summed E-state index contributed by atoms with van der Waals surface area (Å²) in [5, 5.41) is 4.26. The molecule has 1 heterocycles. The van der Waals surface area contributed by atoms with E-state index < -0.39 is 0 Å². The minimum atomic E-state index is 0.521. The second-order valence-electron chi connectivity index (χ2n) is 5.40. The first-order valence-electron chi connectivity index (χ1n) is 7.37. The van der Waals surface area contributed by atoms with Crippen molar-refractivity contribution in [3.8, 4) is 10.4 Å². The van der Waals surface area contributed by atoms with Gasteiger partial charge in [-0.3, -0.25) is 0 Å². The van der Waals surface area contributed by atoms with Gasteiger partial charge in [-0.1, -0.05) is 50.1 Å². The average Bonchev–Trinajstić information content (AvgIpc) is 2.92. The van der Waals surface area contributed by atoms with E-state index in [0.717, 1.165) is 18.0 Å². The lowest BCUT2D eigenvalue weighted by Crippen LogP contribution is -2.24. The molecular weight excluding hydrogens is 298 g/mol. The van der Waals surface area contributed by atoms with Crippen molar-refractivity contribution < 1.29 is 0 Å². The summed E-state index contributed by atoms with van der Waals surface area (Å²) in [6.07, 6.45) is 3.38. The molecule has 0 radical (unpaired) electrons. The molecule has 0 aliphatic heterocycles. The summed E-state index contributed by atoms with van der Waals surface area (Å²) < 4.78 is 0. The molecule has 1 aromatic heterocycles. The first kappa shape index (κ1) is 16.3. The molecule has 0 aliphatic rings. The number of benzene rings is 1. The Morgan fingerprint density at radius 1 is 1.19 bits per heavy atom. The van der Waals surface area contributed by atoms with Gasteiger partial charge in [-0.15, -0.1) is 11.3 Å². The van der Waals surface area contributed by atoms with Crippen molar-refractivity contribution in [1.82, 2.24) is 5.32 Å². The van der Waals surface area contributed by atoms with Crippen molar-refractivity contribution >= 4 is 29.0 Å². The molecule has 0 saturated heterocycles. The van der Waals surface area contributed by atoms with Crippen molar-refractivity contribution in [1.29, 1.82) is 0 Å². The lowest BCUT2D eigenvalue weighted by atomic mass is 10.1. The Kier molecular flexibility index (Phi) is 6.04. The van der Waals surface area contributed by atoms with Crippen LogP contribution in [-0.4, -0.2) is 12.6 Å². The molecule has 1 N–H and O–H groups in total. The van der Waals surface area contributed by atoms with E-state index >= 15 is 0 Å². The molecule has 0 amide bonds. The van der Waals surface area contributed by atoms with E-state index in [1.54, 1.807) is 0 Å². The SMILES string of the molecule is CCC(=Cc1ccc(-c2ccc(Cl)cc2)s1)CNC(C)C. The van der Waals surface area contributed by atoms with Crippen LogP contribution in [0, 0.1) is 0 Å². The predicted octanol–water partition coefficient (Wildman–Crippen LogP) is 5.86. The Hall–Kier alpha value is -1.09. The topological polar surface area (TPSA) is 12.0 Å². The molecule has 112 valence electrons. The molecule has 3 heteroatoms. The van der Waals surface area contributed by atoms with E-state index in [0.29, 0.717) is 6.04 Å². The van der Waals surface area contributed by atoms with Gasteiger partial charge in [-0.05, 0) is 42.3 Å². The van der Waals surface area contributed by atoms with Crippen molar-refractivity contribution in [3.05, 3.63) is 51.9 Å². The average molecular weight is 320 g/mol. The van der Waals surface area contributed by atoms with Crippen LogP contribution in [0.25, 0.3) is 16.5 Å². The monoisotopic (exact) mass is 319 g/mol. The van der Waals surface area contributed by atoms with Gasteiger partial charge in [0.25, 0.3) is 0 Å². The third kappa shape index (κ3) is 4.99. The summed E-state index contributed by atoms with van der Waals surface area (Å²) in [7, 11) is 0. The predicted molar refractivity (Wildman–Crippen MR) is 96.2 cm³/mol. The summed E-state index contributed by atoms with van der Waals surface area (Å²) in [6.45, 7) is 7.53. The summed E-state index contributed by atoms with van der Waals surface area (Å²) in [4.78, 5) is 2.59. The summed E-state index contributed by atoms with van der Waals surface area (Å²) in [5.74, 6) is 0. The van der Waals surface area contributed by atoms with E-state index in [4.69, 9.17) is 11.6 Å². The maximum atomic E-state index is 5.94. The van der Waals surface area contributed by atoms with Crippen molar-refractivity contribution in [2.75, 3.05) is 6.54 Å². The normalized spacial score (nSPS) is 12.1. The fraction of sp³-hybridized carbons (Fsp3) is 0.333. The molecule has 0 aliphatic carbocycles. The highest BCUT2D eigenvalue weighted by atomic mass is 35.5. The molecule has 1 aromatic carbocycles. The molecule has 0 fully saturated rings. The summed E-state index contributed by atoms with van der Waals surface area (Å²) >= 11 is 7.76. The number of hydrogen-bond acceptors (Lipinski definition) is 2. The quantitative estimate of drug-likeness (QED) is 0.703. The Morgan fingerprint density at radius 3 is 2.52 bits per heavy atom. The number of rotatable bonds is 6. The maximum Gasteiger partial charge on any atom is 0.0406 e. The number of hydrogen-bond donors (Lipinski definition) is 1. The Bertz CT molecular complexity index is 596. The highest BCUT2D eigenvalue weighted by Crippen LogP contribution is 2.30. The van der Waals surface area contributed by atoms with Crippen LogP contribution in [0.2, 0.25) is 5.02 Å².